The Hall–Kier alpha value is -2.54. The van der Waals surface area contributed by atoms with Gasteiger partial charge in [-0.25, -0.2) is 4.98 Å². The zero-order valence-electron chi connectivity index (χ0n) is 13.9. The van der Waals surface area contributed by atoms with E-state index in [2.05, 4.69) is 4.98 Å². The average molecular weight is 358 g/mol. The fourth-order valence-electron chi connectivity index (χ4n) is 2.63. The lowest BCUT2D eigenvalue weighted by molar-refractivity contribution is -0.145. The second kappa shape index (κ2) is 7.57. The fraction of sp³-hybridized carbons (Fsp3) is 0.333. The summed E-state index contributed by atoms with van der Waals surface area (Å²) in [5.74, 6) is -0.963. The van der Waals surface area contributed by atoms with Gasteiger partial charge in [0.2, 0.25) is 0 Å². The minimum absolute atomic E-state index is 0.151. The van der Waals surface area contributed by atoms with Gasteiger partial charge in [0.05, 0.1) is 21.8 Å². The topological polar surface area (TPSA) is 76.6 Å². The number of imide groups is 1. The molecule has 130 valence electrons. The Bertz CT molecular complexity index is 780. The molecule has 25 heavy (non-hydrogen) atoms. The smallest absolute Gasteiger partial charge is 0.306 e. The first-order valence-corrected chi connectivity index (χ1v) is 9.02. The quantitative estimate of drug-likeness (QED) is 0.562. The number of carbonyl (C=O) groups is 3. The number of hydrogen-bond donors (Lipinski definition) is 0. The van der Waals surface area contributed by atoms with E-state index in [1.54, 1.807) is 35.6 Å². The Morgan fingerprint density at radius 1 is 1.20 bits per heavy atom. The van der Waals surface area contributed by atoms with Gasteiger partial charge in [-0.3, -0.25) is 19.3 Å². The lowest BCUT2D eigenvalue weighted by Gasteiger charge is -2.13. The van der Waals surface area contributed by atoms with Gasteiger partial charge < -0.3 is 4.74 Å². The predicted molar refractivity (Wildman–Crippen MR) is 92.3 cm³/mol. The number of hydrogen-bond acceptors (Lipinski definition) is 6. The first-order valence-electron chi connectivity index (χ1n) is 8.14. The van der Waals surface area contributed by atoms with Gasteiger partial charge in [-0.15, -0.1) is 11.3 Å². The molecule has 0 N–H and O–H groups in total. The molecule has 0 saturated carbocycles. The Morgan fingerprint density at radius 2 is 1.88 bits per heavy atom. The summed E-state index contributed by atoms with van der Waals surface area (Å²) < 4.78 is 5.18. The molecule has 0 aliphatic carbocycles. The largest absolute Gasteiger partial charge is 0.459 e. The summed E-state index contributed by atoms with van der Waals surface area (Å²) in [5, 5.41) is 2.89. The van der Waals surface area contributed by atoms with Crippen LogP contribution < -0.4 is 0 Å². The molecule has 2 heterocycles. The number of aryl methyl sites for hydroxylation is 1. The van der Waals surface area contributed by atoms with Crippen LogP contribution in [0.2, 0.25) is 0 Å². The first kappa shape index (κ1) is 17.3. The maximum atomic E-state index is 12.2. The Morgan fingerprint density at radius 3 is 2.48 bits per heavy atom. The van der Waals surface area contributed by atoms with Crippen LogP contribution in [0.5, 0.6) is 0 Å². The number of carbonyl (C=O) groups excluding carboxylic acids is 3. The maximum Gasteiger partial charge on any atom is 0.306 e. The number of ether oxygens (including phenoxy) is 1. The monoisotopic (exact) mass is 358 g/mol. The van der Waals surface area contributed by atoms with Crippen LogP contribution in [0.25, 0.3) is 0 Å². The third-order valence-electron chi connectivity index (χ3n) is 3.92. The molecular weight excluding hydrogens is 340 g/mol. The zero-order valence-corrected chi connectivity index (χ0v) is 14.7. The number of aromatic nitrogens is 1. The fourth-order valence-corrected chi connectivity index (χ4v) is 3.36. The Balaban J connectivity index is 1.44. The zero-order chi connectivity index (χ0) is 17.8. The number of amides is 2. The highest BCUT2D eigenvalue weighted by molar-refractivity contribution is 7.09. The SMILES string of the molecule is CCc1nc(COC(=O)CCCN2C(=O)c3ccccc3C2=O)cs1. The molecule has 2 aromatic rings. The van der Waals surface area contributed by atoms with E-state index in [9.17, 15) is 14.4 Å². The van der Waals surface area contributed by atoms with Crippen molar-refractivity contribution in [3.05, 3.63) is 51.5 Å². The van der Waals surface area contributed by atoms with Gasteiger partial charge in [-0.05, 0) is 25.0 Å². The highest BCUT2D eigenvalue weighted by atomic mass is 32.1. The number of rotatable bonds is 7. The molecule has 6 nitrogen and oxygen atoms in total. The summed E-state index contributed by atoms with van der Waals surface area (Å²) in [5.41, 5.74) is 1.59. The molecule has 2 amide bonds. The van der Waals surface area contributed by atoms with Crippen LogP contribution in [0.3, 0.4) is 0 Å². The summed E-state index contributed by atoms with van der Waals surface area (Å²) in [6, 6.07) is 6.74. The lowest BCUT2D eigenvalue weighted by atomic mass is 10.1. The summed E-state index contributed by atoms with van der Waals surface area (Å²) in [6.07, 6.45) is 1.39. The van der Waals surface area contributed by atoms with E-state index in [0.717, 1.165) is 17.1 Å². The van der Waals surface area contributed by atoms with Crippen molar-refractivity contribution < 1.29 is 19.1 Å². The first-order chi connectivity index (χ1) is 12.1. The van der Waals surface area contributed by atoms with Crippen molar-refractivity contribution in [2.24, 2.45) is 0 Å². The standard InChI is InChI=1S/C18H18N2O4S/c1-2-15-19-12(11-25-15)10-24-16(21)8-5-9-20-17(22)13-6-3-4-7-14(13)18(20)23/h3-4,6-7,11H,2,5,8-10H2,1H3. The molecule has 1 aromatic heterocycles. The van der Waals surface area contributed by atoms with Gasteiger partial charge in [0.15, 0.2) is 0 Å². The van der Waals surface area contributed by atoms with Crippen molar-refractivity contribution in [1.82, 2.24) is 9.88 Å². The normalized spacial score (nSPS) is 13.2. The van der Waals surface area contributed by atoms with Gasteiger partial charge in [0.25, 0.3) is 11.8 Å². The second-order valence-corrected chi connectivity index (χ2v) is 6.60. The van der Waals surface area contributed by atoms with E-state index >= 15 is 0 Å². The van der Waals surface area contributed by atoms with Crippen LogP contribution in [0.1, 0.15) is 51.2 Å². The molecule has 1 aliphatic rings. The van der Waals surface area contributed by atoms with Gasteiger partial charge in [0.1, 0.15) is 6.61 Å². The molecule has 1 aromatic carbocycles. The van der Waals surface area contributed by atoms with Gasteiger partial charge >= 0.3 is 5.97 Å². The molecule has 0 unspecified atom stereocenters. The third kappa shape index (κ3) is 3.76. The van der Waals surface area contributed by atoms with E-state index in [0.29, 0.717) is 17.5 Å². The van der Waals surface area contributed by atoms with Crippen LogP contribution >= 0.6 is 11.3 Å². The van der Waals surface area contributed by atoms with Crippen LogP contribution in [0.15, 0.2) is 29.6 Å². The van der Waals surface area contributed by atoms with Crippen LogP contribution in [-0.4, -0.2) is 34.2 Å². The third-order valence-corrected chi connectivity index (χ3v) is 4.97. The van der Waals surface area contributed by atoms with E-state index in [4.69, 9.17) is 4.74 Å². The summed E-state index contributed by atoms with van der Waals surface area (Å²) in [4.78, 5) is 41.7. The van der Waals surface area contributed by atoms with Gasteiger partial charge in [-0.2, -0.15) is 0 Å². The molecule has 0 radical (unpaired) electrons. The molecule has 0 bridgehead atoms. The average Bonchev–Trinajstić information content (AvgIpc) is 3.19. The summed E-state index contributed by atoms with van der Waals surface area (Å²) in [6.45, 7) is 2.38. The van der Waals surface area contributed by atoms with Crippen LogP contribution in [0, 0.1) is 0 Å². The van der Waals surface area contributed by atoms with Crippen LogP contribution in [-0.2, 0) is 22.6 Å². The number of thiazole rings is 1. The molecule has 1 aliphatic heterocycles. The van der Waals surface area contributed by atoms with E-state index in [-0.39, 0.29) is 37.4 Å². The molecule has 0 fully saturated rings. The number of fused-ring (bicyclic) bond motifs is 1. The van der Waals surface area contributed by atoms with Gasteiger partial charge in [-0.1, -0.05) is 19.1 Å². The van der Waals surface area contributed by atoms with Crippen molar-refractivity contribution in [3.63, 3.8) is 0 Å². The number of benzene rings is 1. The number of nitrogens with zero attached hydrogens (tertiary/aromatic N) is 2. The lowest BCUT2D eigenvalue weighted by Crippen LogP contribution is -2.31. The predicted octanol–water partition coefficient (Wildman–Crippen LogP) is 2.83. The van der Waals surface area contributed by atoms with Crippen LogP contribution in [0.4, 0.5) is 0 Å². The van der Waals surface area contributed by atoms with E-state index in [1.165, 1.54) is 4.90 Å². The molecule has 0 atom stereocenters. The maximum absolute atomic E-state index is 12.2. The Labute approximate surface area is 149 Å². The molecule has 3 rings (SSSR count). The summed E-state index contributed by atoms with van der Waals surface area (Å²) in [7, 11) is 0. The van der Waals surface area contributed by atoms with Crippen molar-refractivity contribution in [1.29, 1.82) is 0 Å². The van der Waals surface area contributed by atoms with Gasteiger partial charge in [0, 0.05) is 18.3 Å². The second-order valence-electron chi connectivity index (χ2n) is 5.66. The molecule has 7 heteroatoms. The molecule has 0 saturated heterocycles. The summed E-state index contributed by atoms with van der Waals surface area (Å²) >= 11 is 1.55. The van der Waals surface area contributed by atoms with Crippen molar-refractivity contribution in [3.8, 4) is 0 Å². The van der Waals surface area contributed by atoms with Crippen molar-refractivity contribution >= 4 is 29.1 Å². The molecule has 0 spiro atoms. The van der Waals surface area contributed by atoms with E-state index in [1.807, 2.05) is 12.3 Å². The van der Waals surface area contributed by atoms with Crippen molar-refractivity contribution in [2.45, 2.75) is 32.8 Å². The number of esters is 1. The highest BCUT2D eigenvalue weighted by Crippen LogP contribution is 2.22. The highest BCUT2D eigenvalue weighted by Gasteiger charge is 2.34. The molecular formula is C18H18N2O4S. The minimum atomic E-state index is -0.359. The Kier molecular flexibility index (Phi) is 5.23. The van der Waals surface area contributed by atoms with Crippen molar-refractivity contribution in [2.75, 3.05) is 6.54 Å². The van der Waals surface area contributed by atoms with E-state index < -0.39 is 0 Å². The minimum Gasteiger partial charge on any atom is -0.459 e.